The van der Waals surface area contributed by atoms with Crippen LogP contribution in [0.1, 0.15) is 38.4 Å². The van der Waals surface area contributed by atoms with Crippen LogP contribution in [-0.4, -0.2) is 24.4 Å². The highest BCUT2D eigenvalue weighted by Crippen LogP contribution is 2.35. The molecule has 0 spiro atoms. The van der Waals surface area contributed by atoms with Gasteiger partial charge >= 0.3 is 0 Å². The number of aliphatic hydroxyl groups excluding tert-OH is 1. The predicted molar refractivity (Wildman–Crippen MR) is 70.7 cm³/mol. The molecule has 1 N–H and O–H groups in total. The summed E-state index contributed by atoms with van der Waals surface area (Å²) in [6.45, 7) is 5.49. The van der Waals surface area contributed by atoms with Crippen LogP contribution in [0.2, 0.25) is 0 Å². The summed E-state index contributed by atoms with van der Waals surface area (Å²) in [4.78, 5) is 0. The first-order chi connectivity index (χ1) is 8.68. The highest BCUT2D eigenvalue weighted by atomic mass is 16.5. The lowest BCUT2D eigenvalue weighted by atomic mass is 9.89. The molecule has 2 rings (SSSR count). The molecular weight excluding hydrogens is 228 g/mol. The Hall–Kier alpha value is -1.06. The van der Waals surface area contributed by atoms with Gasteiger partial charge in [-0.15, -0.1) is 0 Å². The number of hydrogen-bond acceptors (Lipinski definition) is 3. The summed E-state index contributed by atoms with van der Waals surface area (Å²) in [7, 11) is 0. The number of ether oxygens (including phenoxy) is 2. The molecular formula is C15H22O3. The zero-order chi connectivity index (χ0) is 13.0. The molecule has 1 aromatic carbocycles. The second-order valence-electron chi connectivity index (χ2n) is 5.10. The molecule has 100 valence electrons. The van der Waals surface area contributed by atoms with Gasteiger partial charge in [0.05, 0.1) is 12.2 Å². The van der Waals surface area contributed by atoms with Crippen LogP contribution >= 0.6 is 0 Å². The summed E-state index contributed by atoms with van der Waals surface area (Å²) in [5, 5.41) is 10.5. The third kappa shape index (κ3) is 3.24. The summed E-state index contributed by atoms with van der Waals surface area (Å²) < 4.78 is 11.1. The van der Waals surface area contributed by atoms with E-state index in [0.29, 0.717) is 0 Å². The van der Waals surface area contributed by atoms with Crippen molar-refractivity contribution in [2.24, 2.45) is 5.92 Å². The van der Waals surface area contributed by atoms with Crippen molar-refractivity contribution in [1.82, 2.24) is 0 Å². The zero-order valence-electron chi connectivity index (χ0n) is 11.1. The average molecular weight is 250 g/mol. The van der Waals surface area contributed by atoms with E-state index in [1.807, 2.05) is 38.1 Å². The highest BCUT2D eigenvalue weighted by molar-refractivity contribution is 5.35. The van der Waals surface area contributed by atoms with Crippen molar-refractivity contribution in [2.45, 2.75) is 38.9 Å². The Morgan fingerprint density at radius 3 is 2.56 bits per heavy atom. The molecule has 3 nitrogen and oxygen atoms in total. The smallest absolute Gasteiger partial charge is 0.125 e. The van der Waals surface area contributed by atoms with Gasteiger partial charge in [0.15, 0.2) is 0 Å². The topological polar surface area (TPSA) is 38.7 Å². The molecule has 1 aliphatic heterocycles. The van der Waals surface area contributed by atoms with E-state index >= 15 is 0 Å². The van der Waals surface area contributed by atoms with Crippen LogP contribution < -0.4 is 4.74 Å². The number of aliphatic hydroxyl groups is 1. The minimum atomic E-state index is -0.455. The molecule has 1 aliphatic rings. The van der Waals surface area contributed by atoms with E-state index in [9.17, 15) is 5.11 Å². The Labute approximate surface area is 109 Å². The molecule has 1 heterocycles. The maximum Gasteiger partial charge on any atom is 0.125 e. The minimum absolute atomic E-state index is 0.119. The summed E-state index contributed by atoms with van der Waals surface area (Å²) in [5.41, 5.74) is 0.901. The Balaban J connectivity index is 2.15. The normalized spacial score (nSPS) is 18.9. The molecule has 0 saturated carbocycles. The lowest BCUT2D eigenvalue weighted by Crippen LogP contribution is -2.22. The molecule has 0 aromatic heterocycles. The van der Waals surface area contributed by atoms with Crippen molar-refractivity contribution in [3.63, 3.8) is 0 Å². The molecule has 1 fully saturated rings. The average Bonchev–Trinajstić information content (AvgIpc) is 2.39. The molecule has 3 heteroatoms. The van der Waals surface area contributed by atoms with Crippen molar-refractivity contribution < 1.29 is 14.6 Å². The molecule has 0 aliphatic carbocycles. The predicted octanol–water partition coefficient (Wildman–Crippen LogP) is 2.93. The van der Waals surface area contributed by atoms with Gasteiger partial charge in [-0.05, 0) is 38.7 Å². The highest BCUT2D eigenvalue weighted by Gasteiger charge is 2.25. The first kappa shape index (κ1) is 13.4. The fraction of sp³-hybridized carbons (Fsp3) is 0.600. The van der Waals surface area contributed by atoms with Crippen molar-refractivity contribution in [3.05, 3.63) is 29.8 Å². The van der Waals surface area contributed by atoms with Gasteiger partial charge in [-0.2, -0.15) is 0 Å². The molecule has 1 saturated heterocycles. The van der Waals surface area contributed by atoms with Gasteiger partial charge in [0.2, 0.25) is 0 Å². The van der Waals surface area contributed by atoms with Crippen LogP contribution in [0.5, 0.6) is 5.75 Å². The summed E-state index contributed by atoms with van der Waals surface area (Å²) in [6, 6.07) is 7.78. The minimum Gasteiger partial charge on any atom is -0.491 e. The van der Waals surface area contributed by atoms with Crippen LogP contribution in [0.15, 0.2) is 24.3 Å². The van der Waals surface area contributed by atoms with Gasteiger partial charge in [0, 0.05) is 18.8 Å². The fourth-order valence-corrected chi connectivity index (χ4v) is 2.37. The standard InChI is InChI=1S/C15H22O3/c1-11(2)18-14-6-4-3-5-13(14)15(16)12-7-9-17-10-8-12/h3-6,11-12,15-16H,7-10H2,1-2H3. The second-order valence-corrected chi connectivity index (χ2v) is 5.10. The summed E-state index contributed by atoms with van der Waals surface area (Å²) in [6.07, 6.45) is 1.49. The largest absolute Gasteiger partial charge is 0.491 e. The van der Waals surface area contributed by atoms with Crippen LogP contribution in [-0.2, 0) is 4.74 Å². The third-order valence-corrected chi connectivity index (χ3v) is 3.31. The van der Waals surface area contributed by atoms with E-state index in [-0.39, 0.29) is 12.0 Å². The van der Waals surface area contributed by atoms with E-state index in [1.165, 1.54) is 0 Å². The number of rotatable bonds is 4. The van der Waals surface area contributed by atoms with E-state index < -0.39 is 6.10 Å². The molecule has 1 atom stereocenters. The Morgan fingerprint density at radius 1 is 1.22 bits per heavy atom. The van der Waals surface area contributed by atoms with E-state index in [4.69, 9.17) is 9.47 Å². The van der Waals surface area contributed by atoms with Crippen molar-refractivity contribution in [1.29, 1.82) is 0 Å². The molecule has 18 heavy (non-hydrogen) atoms. The molecule has 1 aromatic rings. The van der Waals surface area contributed by atoms with E-state index in [2.05, 4.69) is 0 Å². The quantitative estimate of drug-likeness (QED) is 0.893. The van der Waals surface area contributed by atoms with Crippen LogP contribution in [0.25, 0.3) is 0 Å². The Morgan fingerprint density at radius 2 is 1.89 bits per heavy atom. The van der Waals surface area contributed by atoms with Gasteiger partial charge in [0.1, 0.15) is 5.75 Å². The second kappa shape index (κ2) is 6.21. The van der Waals surface area contributed by atoms with Crippen LogP contribution in [0.3, 0.4) is 0 Å². The number of hydrogen-bond donors (Lipinski definition) is 1. The van der Waals surface area contributed by atoms with Gasteiger partial charge in [-0.25, -0.2) is 0 Å². The number of para-hydroxylation sites is 1. The zero-order valence-corrected chi connectivity index (χ0v) is 11.1. The van der Waals surface area contributed by atoms with Gasteiger partial charge < -0.3 is 14.6 Å². The number of benzene rings is 1. The van der Waals surface area contributed by atoms with E-state index in [1.54, 1.807) is 0 Å². The Kier molecular flexibility index (Phi) is 4.61. The summed E-state index contributed by atoms with van der Waals surface area (Å²) in [5.74, 6) is 1.07. The van der Waals surface area contributed by atoms with Gasteiger partial charge in [-0.3, -0.25) is 0 Å². The monoisotopic (exact) mass is 250 g/mol. The maximum absolute atomic E-state index is 10.5. The molecule has 0 amide bonds. The molecule has 0 radical (unpaired) electrons. The summed E-state index contributed by atoms with van der Waals surface area (Å²) >= 11 is 0. The lowest BCUT2D eigenvalue weighted by Gasteiger charge is -2.28. The van der Waals surface area contributed by atoms with Gasteiger partial charge in [-0.1, -0.05) is 18.2 Å². The molecule has 0 bridgehead atoms. The molecule has 1 unspecified atom stereocenters. The van der Waals surface area contributed by atoms with Crippen molar-refractivity contribution in [3.8, 4) is 5.75 Å². The Bertz CT molecular complexity index is 370. The third-order valence-electron chi connectivity index (χ3n) is 3.31. The van der Waals surface area contributed by atoms with Crippen molar-refractivity contribution >= 4 is 0 Å². The lowest BCUT2D eigenvalue weighted by molar-refractivity contribution is 0.00587. The fourth-order valence-electron chi connectivity index (χ4n) is 2.37. The van der Waals surface area contributed by atoms with Crippen molar-refractivity contribution in [2.75, 3.05) is 13.2 Å². The maximum atomic E-state index is 10.5. The van der Waals surface area contributed by atoms with Gasteiger partial charge in [0.25, 0.3) is 0 Å². The first-order valence-corrected chi connectivity index (χ1v) is 6.70. The van der Waals surface area contributed by atoms with Crippen LogP contribution in [0, 0.1) is 5.92 Å². The first-order valence-electron chi connectivity index (χ1n) is 6.70. The van der Waals surface area contributed by atoms with Crippen LogP contribution in [0.4, 0.5) is 0 Å². The van der Waals surface area contributed by atoms with E-state index in [0.717, 1.165) is 37.4 Å². The SMILES string of the molecule is CC(C)Oc1ccccc1C(O)C1CCOCC1.